The number of nitrogens with one attached hydrogen (secondary N) is 1. The topological polar surface area (TPSA) is 79.0 Å². The molecule has 178 valence electrons. The van der Waals surface area contributed by atoms with Gasteiger partial charge in [-0.1, -0.05) is 42.5 Å². The SMILES string of the molecule is O=C(NCC(c1ccc(F)cc1)N1CCOCC1)C(c1ccccc1)N1CCS(=O)(=O)CC1. The Hall–Kier alpha value is -2.33. The van der Waals surface area contributed by atoms with Gasteiger partial charge in [-0.2, -0.15) is 0 Å². The number of sulfone groups is 1. The first kappa shape index (κ1) is 23.8. The fourth-order valence-corrected chi connectivity index (χ4v) is 5.70. The molecule has 2 aliphatic heterocycles. The van der Waals surface area contributed by atoms with Gasteiger partial charge in [-0.05, 0) is 23.3 Å². The van der Waals surface area contributed by atoms with Gasteiger partial charge in [0.05, 0.1) is 30.8 Å². The van der Waals surface area contributed by atoms with Crippen LogP contribution in [0.2, 0.25) is 0 Å². The van der Waals surface area contributed by atoms with Crippen molar-refractivity contribution >= 4 is 15.7 Å². The highest BCUT2D eigenvalue weighted by atomic mass is 32.2. The van der Waals surface area contributed by atoms with Gasteiger partial charge in [0, 0.05) is 32.7 Å². The Labute approximate surface area is 194 Å². The van der Waals surface area contributed by atoms with E-state index in [9.17, 15) is 17.6 Å². The molecule has 2 aromatic carbocycles. The quantitative estimate of drug-likeness (QED) is 0.658. The zero-order chi connectivity index (χ0) is 23.3. The molecular formula is C24H30FN3O4S. The van der Waals surface area contributed by atoms with Crippen LogP contribution < -0.4 is 5.32 Å². The van der Waals surface area contributed by atoms with E-state index in [0.29, 0.717) is 32.8 Å². The van der Waals surface area contributed by atoms with Crippen molar-refractivity contribution in [3.05, 3.63) is 71.5 Å². The van der Waals surface area contributed by atoms with Gasteiger partial charge in [0.2, 0.25) is 5.91 Å². The minimum Gasteiger partial charge on any atom is -0.379 e. The molecule has 0 spiro atoms. The average molecular weight is 476 g/mol. The fourth-order valence-electron chi connectivity index (χ4n) is 4.47. The molecule has 2 unspecified atom stereocenters. The van der Waals surface area contributed by atoms with Crippen LogP contribution in [-0.2, 0) is 19.4 Å². The van der Waals surface area contributed by atoms with Gasteiger partial charge in [-0.25, -0.2) is 12.8 Å². The molecular weight excluding hydrogens is 445 g/mol. The molecule has 1 N–H and O–H groups in total. The highest BCUT2D eigenvalue weighted by Gasteiger charge is 2.33. The highest BCUT2D eigenvalue weighted by Crippen LogP contribution is 2.25. The molecule has 2 fully saturated rings. The highest BCUT2D eigenvalue weighted by molar-refractivity contribution is 7.91. The summed E-state index contributed by atoms with van der Waals surface area (Å²) >= 11 is 0. The van der Waals surface area contributed by atoms with Crippen LogP contribution in [0.5, 0.6) is 0 Å². The van der Waals surface area contributed by atoms with Crippen LogP contribution in [0, 0.1) is 5.82 Å². The normalized spacial score (nSPS) is 21.2. The third kappa shape index (κ3) is 6.17. The van der Waals surface area contributed by atoms with Crippen molar-refractivity contribution in [3.8, 4) is 0 Å². The number of carbonyl (C=O) groups excluding carboxylic acids is 1. The lowest BCUT2D eigenvalue weighted by Gasteiger charge is -2.36. The predicted molar refractivity (Wildman–Crippen MR) is 124 cm³/mol. The fraction of sp³-hybridized carbons (Fsp3) is 0.458. The number of halogens is 1. The molecule has 0 aromatic heterocycles. The summed E-state index contributed by atoms with van der Waals surface area (Å²) in [6, 6.07) is 15.1. The molecule has 0 saturated carbocycles. The molecule has 0 radical (unpaired) electrons. The first-order valence-electron chi connectivity index (χ1n) is 11.3. The lowest BCUT2D eigenvalue weighted by Crippen LogP contribution is -2.49. The summed E-state index contributed by atoms with van der Waals surface area (Å²) in [7, 11) is -3.06. The number of ether oxygens (including phenoxy) is 1. The summed E-state index contributed by atoms with van der Waals surface area (Å²) in [5.74, 6) is -0.362. The molecule has 0 aliphatic carbocycles. The molecule has 2 saturated heterocycles. The van der Waals surface area contributed by atoms with Crippen molar-refractivity contribution < 1.29 is 22.3 Å². The average Bonchev–Trinajstić information content (AvgIpc) is 2.83. The Kier molecular flexibility index (Phi) is 7.75. The number of nitrogens with zero attached hydrogens (tertiary/aromatic N) is 2. The minimum absolute atomic E-state index is 0.0512. The molecule has 9 heteroatoms. The van der Waals surface area contributed by atoms with Gasteiger partial charge < -0.3 is 10.1 Å². The van der Waals surface area contributed by atoms with E-state index in [1.807, 2.05) is 35.2 Å². The minimum atomic E-state index is -3.06. The molecule has 4 rings (SSSR count). The Balaban J connectivity index is 1.52. The maximum atomic E-state index is 13.5. The van der Waals surface area contributed by atoms with Crippen molar-refractivity contribution in [1.29, 1.82) is 0 Å². The maximum absolute atomic E-state index is 13.5. The molecule has 2 aliphatic rings. The molecule has 2 heterocycles. The van der Waals surface area contributed by atoms with Crippen LogP contribution >= 0.6 is 0 Å². The number of benzene rings is 2. The second-order valence-corrected chi connectivity index (χ2v) is 10.8. The van der Waals surface area contributed by atoms with Gasteiger partial charge in [-0.3, -0.25) is 14.6 Å². The summed E-state index contributed by atoms with van der Waals surface area (Å²) in [6.07, 6.45) is 0. The smallest absolute Gasteiger partial charge is 0.242 e. The first-order valence-corrected chi connectivity index (χ1v) is 13.1. The third-order valence-corrected chi connectivity index (χ3v) is 7.93. The summed E-state index contributed by atoms with van der Waals surface area (Å²) < 4.78 is 42.8. The van der Waals surface area contributed by atoms with Crippen LogP contribution in [0.3, 0.4) is 0 Å². The van der Waals surface area contributed by atoms with Gasteiger partial charge in [0.25, 0.3) is 0 Å². The van der Waals surface area contributed by atoms with Crippen LogP contribution in [0.1, 0.15) is 23.2 Å². The Morgan fingerprint density at radius 3 is 2.18 bits per heavy atom. The third-order valence-electron chi connectivity index (χ3n) is 6.32. The zero-order valence-electron chi connectivity index (χ0n) is 18.5. The molecule has 1 amide bonds. The lowest BCUT2D eigenvalue weighted by molar-refractivity contribution is -0.127. The zero-order valence-corrected chi connectivity index (χ0v) is 19.3. The molecule has 7 nitrogen and oxygen atoms in total. The largest absolute Gasteiger partial charge is 0.379 e. The van der Waals surface area contributed by atoms with Gasteiger partial charge in [0.15, 0.2) is 9.84 Å². The maximum Gasteiger partial charge on any atom is 0.242 e. The Morgan fingerprint density at radius 2 is 1.55 bits per heavy atom. The number of hydrogen-bond donors (Lipinski definition) is 1. The van der Waals surface area contributed by atoms with Crippen molar-refractivity contribution in [2.75, 3.05) is 57.4 Å². The van der Waals surface area contributed by atoms with E-state index in [0.717, 1.165) is 24.2 Å². The monoisotopic (exact) mass is 475 g/mol. The van der Waals surface area contributed by atoms with Crippen LogP contribution in [0.4, 0.5) is 4.39 Å². The lowest BCUT2D eigenvalue weighted by atomic mass is 10.0. The second-order valence-electron chi connectivity index (χ2n) is 8.46. The van der Waals surface area contributed by atoms with Crippen LogP contribution in [-0.4, -0.2) is 81.6 Å². The summed E-state index contributed by atoms with van der Waals surface area (Å²) in [6.45, 7) is 3.68. The van der Waals surface area contributed by atoms with E-state index in [1.165, 1.54) is 12.1 Å². The van der Waals surface area contributed by atoms with Gasteiger partial charge >= 0.3 is 0 Å². The van der Waals surface area contributed by atoms with Crippen LogP contribution in [0.25, 0.3) is 0 Å². The van der Waals surface area contributed by atoms with E-state index in [4.69, 9.17) is 4.74 Å². The summed E-state index contributed by atoms with van der Waals surface area (Å²) in [5.41, 5.74) is 1.76. The molecule has 2 atom stereocenters. The Morgan fingerprint density at radius 1 is 0.909 bits per heavy atom. The van der Waals surface area contributed by atoms with E-state index >= 15 is 0 Å². The van der Waals surface area contributed by atoms with Crippen molar-refractivity contribution in [2.45, 2.75) is 12.1 Å². The second kappa shape index (κ2) is 10.7. The Bertz CT molecular complexity index is 1010. The van der Waals surface area contributed by atoms with E-state index in [-0.39, 0.29) is 29.3 Å². The summed E-state index contributed by atoms with van der Waals surface area (Å²) in [5, 5.41) is 3.10. The molecule has 2 aromatic rings. The van der Waals surface area contributed by atoms with E-state index in [2.05, 4.69) is 10.2 Å². The van der Waals surface area contributed by atoms with E-state index < -0.39 is 15.9 Å². The molecule has 33 heavy (non-hydrogen) atoms. The number of rotatable bonds is 7. The van der Waals surface area contributed by atoms with Crippen LogP contribution in [0.15, 0.2) is 54.6 Å². The van der Waals surface area contributed by atoms with Crippen molar-refractivity contribution in [1.82, 2.24) is 15.1 Å². The predicted octanol–water partition coefficient (Wildman–Crippen LogP) is 1.79. The van der Waals surface area contributed by atoms with E-state index in [1.54, 1.807) is 12.1 Å². The standard InChI is InChI=1S/C24H30FN3O4S/c25-21-8-6-19(7-9-21)22(27-10-14-32-15-11-27)18-26-24(29)23(20-4-2-1-3-5-20)28-12-16-33(30,31)17-13-28/h1-9,22-23H,10-18H2,(H,26,29). The first-order chi connectivity index (χ1) is 15.9. The van der Waals surface area contributed by atoms with Crippen molar-refractivity contribution in [2.24, 2.45) is 0 Å². The number of amides is 1. The number of carbonyl (C=O) groups is 1. The molecule has 0 bridgehead atoms. The van der Waals surface area contributed by atoms with Gasteiger partial charge in [-0.15, -0.1) is 0 Å². The van der Waals surface area contributed by atoms with Crippen molar-refractivity contribution in [3.63, 3.8) is 0 Å². The number of hydrogen-bond acceptors (Lipinski definition) is 6. The number of morpholine rings is 1. The summed E-state index contributed by atoms with van der Waals surface area (Å²) in [4.78, 5) is 17.6. The van der Waals surface area contributed by atoms with Gasteiger partial charge in [0.1, 0.15) is 11.9 Å².